The monoisotopic (exact) mass is 637 g/mol. The van der Waals surface area contributed by atoms with Crippen molar-refractivity contribution in [3.8, 4) is 16.9 Å². The number of cyclic esters (lactones) is 1. The third-order valence-electron chi connectivity index (χ3n) is 7.72. The molecule has 5 nitrogen and oxygen atoms in total. The lowest BCUT2D eigenvalue weighted by Crippen LogP contribution is -2.43. The molecule has 46 heavy (non-hydrogen) atoms. The van der Waals surface area contributed by atoms with Crippen molar-refractivity contribution in [1.82, 2.24) is 4.90 Å². The van der Waals surface area contributed by atoms with E-state index in [4.69, 9.17) is 9.47 Å². The lowest BCUT2D eigenvalue weighted by molar-refractivity contribution is -0.137. The smallest absolute Gasteiger partial charge is 0.417 e. The molecule has 0 spiro atoms. The Hall–Kier alpha value is -4.73. The molecule has 4 aromatic rings. The number of hydrogen-bond acceptors (Lipinski definition) is 4. The van der Waals surface area contributed by atoms with E-state index in [1.807, 2.05) is 44.2 Å². The van der Waals surface area contributed by atoms with Crippen LogP contribution < -0.4 is 4.74 Å². The highest BCUT2D eigenvalue weighted by Crippen LogP contribution is 2.37. The van der Waals surface area contributed by atoms with Crippen molar-refractivity contribution in [3.05, 3.63) is 125 Å². The van der Waals surface area contributed by atoms with Crippen LogP contribution in [0.25, 0.3) is 11.1 Å². The largest absolute Gasteiger partial charge is 0.489 e. The van der Waals surface area contributed by atoms with Gasteiger partial charge in [-0.1, -0.05) is 62.4 Å². The average Bonchev–Trinajstić information content (AvgIpc) is 3.37. The number of carbonyl (C=O) groups excluding carboxylic acids is 2. The summed E-state index contributed by atoms with van der Waals surface area (Å²) in [6.07, 6.45) is -4.53. The number of carbonyl (C=O) groups is 2. The van der Waals surface area contributed by atoms with E-state index in [2.05, 4.69) is 0 Å². The zero-order chi connectivity index (χ0) is 33.0. The van der Waals surface area contributed by atoms with Crippen molar-refractivity contribution < 1.29 is 41.0 Å². The van der Waals surface area contributed by atoms with Gasteiger partial charge in [0, 0.05) is 6.07 Å². The van der Waals surface area contributed by atoms with Gasteiger partial charge in [0.25, 0.3) is 0 Å². The Kier molecular flexibility index (Phi) is 9.74. The molecule has 0 saturated carbocycles. The third kappa shape index (κ3) is 7.91. The van der Waals surface area contributed by atoms with Gasteiger partial charge in [0.2, 0.25) is 5.91 Å². The van der Waals surface area contributed by atoms with Gasteiger partial charge in [-0.2, -0.15) is 13.2 Å². The van der Waals surface area contributed by atoms with E-state index < -0.39 is 47.3 Å². The van der Waals surface area contributed by atoms with E-state index in [0.717, 1.165) is 40.8 Å². The predicted octanol–water partition coefficient (Wildman–Crippen LogP) is 8.95. The molecular formula is C36H32F5NO4. The first kappa shape index (κ1) is 32.7. The van der Waals surface area contributed by atoms with Gasteiger partial charge in [-0.3, -0.25) is 4.79 Å². The summed E-state index contributed by atoms with van der Waals surface area (Å²) in [5, 5.41) is 0. The minimum Gasteiger partial charge on any atom is -0.489 e. The fraction of sp³-hybridized carbons (Fsp3) is 0.278. The number of imide groups is 1. The summed E-state index contributed by atoms with van der Waals surface area (Å²) in [4.78, 5) is 28.3. The van der Waals surface area contributed by atoms with Crippen molar-refractivity contribution in [2.45, 2.75) is 51.4 Å². The van der Waals surface area contributed by atoms with Crippen LogP contribution in [-0.4, -0.2) is 29.5 Å². The Labute approximate surface area is 263 Å². The molecule has 2 amide bonds. The van der Waals surface area contributed by atoms with Crippen LogP contribution in [-0.2, 0) is 28.7 Å². The van der Waals surface area contributed by atoms with Gasteiger partial charge in [-0.25, -0.2) is 18.5 Å². The standard InChI is InChI=1S/C36H32F5NO4/c1-22(2)12-33(34(43)42-31(21-46-35(42)44)15-23-6-4-3-5-7-23)27-16-26(25-8-10-28(11-9-25)36(39,40)41)17-32(18-27)45-20-24-13-29(37)19-30(38)14-24/h3-11,13-14,16-19,22,31,33H,12,15,20-21H2,1-2H3/t31-,33?/m1/s1. The molecule has 0 bridgehead atoms. The summed E-state index contributed by atoms with van der Waals surface area (Å²) in [7, 11) is 0. The molecule has 1 aliphatic heterocycles. The fourth-order valence-corrected chi connectivity index (χ4v) is 5.57. The van der Waals surface area contributed by atoms with E-state index in [1.54, 1.807) is 18.2 Å². The first-order valence-corrected chi connectivity index (χ1v) is 14.8. The summed E-state index contributed by atoms with van der Waals surface area (Å²) >= 11 is 0. The number of alkyl halides is 3. The summed E-state index contributed by atoms with van der Waals surface area (Å²) in [6.45, 7) is 3.68. The van der Waals surface area contributed by atoms with Crippen LogP contribution in [0.3, 0.4) is 0 Å². The summed E-state index contributed by atoms with van der Waals surface area (Å²) in [5.41, 5.74) is 1.68. The molecule has 1 fully saturated rings. The van der Waals surface area contributed by atoms with Gasteiger partial charge >= 0.3 is 12.3 Å². The minimum atomic E-state index is -4.52. The van der Waals surface area contributed by atoms with Crippen molar-refractivity contribution in [2.75, 3.05) is 6.61 Å². The van der Waals surface area contributed by atoms with Crippen molar-refractivity contribution in [1.29, 1.82) is 0 Å². The molecule has 0 aliphatic carbocycles. The van der Waals surface area contributed by atoms with Crippen LogP contribution >= 0.6 is 0 Å². The van der Waals surface area contributed by atoms with Crippen LogP contribution in [0.2, 0.25) is 0 Å². The molecule has 2 atom stereocenters. The number of halogens is 5. The fourth-order valence-electron chi connectivity index (χ4n) is 5.57. The molecule has 1 aliphatic rings. The number of ether oxygens (including phenoxy) is 2. The van der Waals surface area contributed by atoms with Gasteiger partial charge < -0.3 is 9.47 Å². The molecule has 10 heteroatoms. The van der Waals surface area contributed by atoms with Gasteiger partial charge in [0.15, 0.2) is 0 Å². The number of benzene rings is 4. The topological polar surface area (TPSA) is 55.8 Å². The molecular weight excluding hydrogens is 605 g/mol. The van der Waals surface area contributed by atoms with Crippen LogP contribution in [0.4, 0.5) is 26.7 Å². The van der Waals surface area contributed by atoms with E-state index in [0.29, 0.717) is 29.5 Å². The zero-order valence-electron chi connectivity index (χ0n) is 25.2. The second-order valence-electron chi connectivity index (χ2n) is 11.7. The Morgan fingerprint density at radius 1 is 0.891 bits per heavy atom. The Morgan fingerprint density at radius 3 is 2.20 bits per heavy atom. The summed E-state index contributed by atoms with van der Waals surface area (Å²) in [5.74, 6) is -2.63. The first-order chi connectivity index (χ1) is 21.9. The molecule has 0 aromatic heterocycles. The number of nitrogens with zero attached hydrogens (tertiary/aromatic N) is 1. The van der Waals surface area contributed by atoms with Crippen LogP contribution in [0.1, 0.15) is 48.4 Å². The molecule has 4 aromatic carbocycles. The maximum absolute atomic E-state index is 14.2. The van der Waals surface area contributed by atoms with E-state index >= 15 is 0 Å². The van der Waals surface area contributed by atoms with Crippen molar-refractivity contribution in [3.63, 3.8) is 0 Å². The lowest BCUT2D eigenvalue weighted by Gasteiger charge is -2.27. The summed E-state index contributed by atoms with van der Waals surface area (Å²) < 4.78 is 78.7. The van der Waals surface area contributed by atoms with E-state index in [9.17, 15) is 31.5 Å². The number of hydrogen-bond donors (Lipinski definition) is 0. The molecule has 0 N–H and O–H groups in total. The van der Waals surface area contributed by atoms with Gasteiger partial charge in [0.05, 0.1) is 17.5 Å². The van der Waals surface area contributed by atoms with Gasteiger partial charge in [0.1, 0.15) is 30.6 Å². The molecule has 1 saturated heterocycles. The molecule has 240 valence electrons. The second kappa shape index (κ2) is 13.7. The molecule has 1 heterocycles. The number of amides is 2. The maximum Gasteiger partial charge on any atom is 0.417 e. The molecule has 0 radical (unpaired) electrons. The lowest BCUT2D eigenvalue weighted by atomic mass is 9.86. The predicted molar refractivity (Wildman–Crippen MR) is 162 cm³/mol. The highest BCUT2D eigenvalue weighted by Gasteiger charge is 2.41. The Morgan fingerprint density at radius 2 is 1.57 bits per heavy atom. The summed E-state index contributed by atoms with van der Waals surface area (Å²) in [6, 6.07) is 21.3. The van der Waals surface area contributed by atoms with Gasteiger partial charge in [-0.05, 0) is 83.0 Å². The van der Waals surface area contributed by atoms with Crippen LogP contribution in [0, 0.1) is 17.6 Å². The second-order valence-corrected chi connectivity index (χ2v) is 11.7. The molecule has 5 rings (SSSR count). The maximum atomic E-state index is 14.2. The molecule has 1 unspecified atom stereocenters. The van der Waals surface area contributed by atoms with Crippen molar-refractivity contribution in [2.24, 2.45) is 5.92 Å². The van der Waals surface area contributed by atoms with Gasteiger partial charge in [-0.15, -0.1) is 0 Å². The highest BCUT2D eigenvalue weighted by molar-refractivity contribution is 5.97. The first-order valence-electron chi connectivity index (χ1n) is 14.8. The SMILES string of the molecule is CC(C)CC(C(=O)N1C(=O)OC[C@H]1Cc1ccccc1)c1cc(OCc2cc(F)cc(F)c2)cc(-c2ccc(C(F)(F)F)cc2)c1. The minimum absolute atomic E-state index is 0.00881. The van der Waals surface area contributed by atoms with Crippen LogP contribution in [0.5, 0.6) is 5.75 Å². The average molecular weight is 638 g/mol. The van der Waals surface area contributed by atoms with E-state index in [1.165, 1.54) is 12.1 Å². The zero-order valence-corrected chi connectivity index (χ0v) is 25.2. The quantitative estimate of drug-likeness (QED) is 0.163. The van der Waals surface area contributed by atoms with E-state index in [-0.39, 0.29) is 30.4 Å². The Balaban J connectivity index is 1.53. The third-order valence-corrected chi connectivity index (χ3v) is 7.72. The Bertz CT molecular complexity index is 1670. The normalized spacial score (nSPS) is 15.6. The van der Waals surface area contributed by atoms with Crippen LogP contribution in [0.15, 0.2) is 91.0 Å². The number of rotatable bonds is 10. The highest BCUT2D eigenvalue weighted by atomic mass is 19.4. The van der Waals surface area contributed by atoms with Crippen molar-refractivity contribution >= 4 is 12.0 Å².